The highest BCUT2D eigenvalue weighted by atomic mass is 19.4. The standard InChI is InChI=1S/C19H15F3N4O4/c1-10-15(17(27)24-11-6-8-12(9-7-11)26(29)30)16(25-18(28)23-10)13-4-2-3-5-14(13)19(20,21)22/h2-9,16H,1H3,(H,24,27)(H2,23,25,28)/t16-/m1/s1. The van der Waals surface area contributed by atoms with E-state index in [4.69, 9.17) is 0 Å². The SMILES string of the molecule is CC1=C(C(=O)Nc2ccc([N+](=O)[O-])cc2)[C@@H](c2ccccc2C(F)(F)F)NC(=O)N1. The Morgan fingerprint density at radius 3 is 2.37 bits per heavy atom. The number of nitrogens with zero attached hydrogens (tertiary/aromatic N) is 1. The molecule has 30 heavy (non-hydrogen) atoms. The summed E-state index contributed by atoms with van der Waals surface area (Å²) in [5, 5.41) is 18.0. The first-order valence-corrected chi connectivity index (χ1v) is 8.58. The zero-order valence-electron chi connectivity index (χ0n) is 15.4. The molecule has 1 aliphatic rings. The molecule has 0 aliphatic carbocycles. The van der Waals surface area contributed by atoms with Crippen LogP contribution in [0.2, 0.25) is 0 Å². The summed E-state index contributed by atoms with van der Waals surface area (Å²) in [5.74, 6) is -0.768. The number of allylic oxidation sites excluding steroid dienone is 1. The summed E-state index contributed by atoms with van der Waals surface area (Å²) in [6.45, 7) is 1.40. The van der Waals surface area contributed by atoms with Crippen LogP contribution in [0.15, 0.2) is 59.8 Å². The van der Waals surface area contributed by atoms with Crippen molar-refractivity contribution in [1.82, 2.24) is 10.6 Å². The fraction of sp³-hybridized carbons (Fsp3) is 0.158. The van der Waals surface area contributed by atoms with Crippen molar-refractivity contribution in [3.63, 3.8) is 0 Å². The van der Waals surface area contributed by atoms with Crippen molar-refractivity contribution in [2.45, 2.75) is 19.1 Å². The molecule has 3 N–H and O–H groups in total. The van der Waals surface area contributed by atoms with Gasteiger partial charge >= 0.3 is 12.2 Å². The Morgan fingerprint density at radius 1 is 1.13 bits per heavy atom. The predicted octanol–water partition coefficient (Wildman–Crippen LogP) is 3.88. The van der Waals surface area contributed by atoms with E-state index in [1.54, 1.807) is 0 Å². The van der Waals surface area contributed by atoms with Gasteiger partial charge < -0.3 is 16.0 Å². The minimum absolute atomic E-state index is 0.0835. The van der Waals surface area contributed by atoms with Crippen LogP contribution >= 0.6 is 0 Å². The number of amides is 3. The zero-order valence-corrected chi connectivity index (χ0v) is 15.4. The van der Waals surface area contributed by atoms with E-state index >= 15 is 0 Å². The van der Waals surface area contributed by atoms with E-state index in [-0.39, 0.29) is 28.2 Å². The molecule has 2 aromatic rings. The third kappa shape index (κ3) is 4.24. The van der Waals surface area contributed by atoms with Crippen molar-refractivity contribution in [2.75, 3.05) is 5.32 Å². The minimum Gasteiger partial charge on any atom is -0.327 e. The number of urea groups is 1. The summed E-state index contributed by atoms with van der Waals surface area (Å²) in [4.78, 5) is 34.9. The van der Waals surface area contributed by atoms with Crippen molar-refractivity contribution < 1.29 is 27.7 Å². The lowest BCUT2D eigenvalue weighted by Gasteiger charge is -2.30. The van der Waals surface area contributed by atoms with Crippen molar-refractivity contribution >= 4 is 23.3 Å². The van der Waals surface area contributed by atoms with E-state index in [0.717, 1.165) is 6.07 Å². The van der Waals surface area contributed by atoms with Gasteiger partial charge in [0.2, 0.25) is 0 Å². The number of nitrogens with one attached hydrogen (secondary N) is 3. The maximum atomic E-state index is 13.5. The normalized spacial score (nSPS) is 16.5. The molecule has 0 fully saturated rings. The van der Waals surface area contributed by atoms with Gasteiger partial charge in [0.1, 0.15) is 0 Å². The Morgan fingerprint density at radius 2 is 1.77 bits per heavy atom. The van der Waals surface area contributed by atoms with Gasteiger partial charge in [-0.05, 0) is 30.7 Å². The smallest absolute Gasteiger partial charge is 0.327 e. The average molecular weight is 420 g/mol. The molecule has 0 radical (unpaired) electrons. The molecule has 156 valence electrons. The number of halogens is 3. The van der Waals surface area contributed by atoms with E-state index in [1.165, 1.54) is 49.4 Å². The molecule has 0 saturated carbocycles. The number of anilines is 1. The first-order chi connectivity index (χ1) is 14.1. The average Bonchev–Trinajstić information content (AvgIpc) is 2.67. The van der Waals surface area contributed by atoms with E-state index in [9.17, 15) is 32.9 Å². The Bertz CT molecular complexity index is 1050. The molecule has 11 heteroatoms. The van der Waals surface area contributed by atoms with Crippen LogP contribution in [0.1, 0.15) is 24.1 Å². The van der Waals surface area contributed by atoms with Crippen LogP contribution in [0.5, 0.6) is 0 Å². The number of nitro benzene ring substituents is 1. The first-order valence-electron chi connectivity index (χ1n) is 8.58. The van der Waals surface area contributed by atoms with Crippen LogP contribution in [0.3, 0.4) is 0 Å². The molecular formula is C19H15F3N4O4. The quantitative estimate of drug-likeness (QED) is 0.515. The van der Waals surface area contributed by atoms with Crippen LogP contribution < -0.4 is 16.0 Å². The zero-order chi connectivity index (χ0) is 22.1. The van der Waals surface area contributed by atoms with Gasteiger partial charge in [-0.2, -0.15) is 13.2 Å². The molecule has 1 heterocycles. The maximum Gasteiger partial charge on any atom is 0.416 e. The third-order valence-electron chi connectivity index (χ3n) is 4.43. The van der Waals surface area contributed by atoms with Crippen molar-refractivity contribution in [3.8, 4) is 0 Å². The second-order valence-corrected chi connectivity index (χ2v) is 6.41. The molecular weight excluding hydrogens is 405 g/mol. The number of carbonyl (C=O) groups is 2. The maximum absolute atomic E-state index is 13.5. The fourth-order valence-corrected chi connectivity index (χ4v) is 3.10. The molecule has 0 aromatic heterocycles. The summed E-state index contributed by atoms with van der Waals surface area (Å²) < 4.78 is 40.4. The summed E-state index contributed by atoms with van der Waals surface area (Å²) in [7, 11) is 0. The molecule has 0 bridgehead atoms. The Hall–Kier alpha value is -3.89. The summed E-state index contributed by atoms with van der Waals surface area (Å²) in [5.41, 5.74) is -1.29. The van der Waals surface area contributed by atoms with E-state index in [2.05, 4.69) is 16.0 Å². The number of alkyl halides is 3. The highest BCUT2D eigenvalue weighted by molar-refractivity contribution is 6.06. The Kier molecular flexibility index (Phi) is 5.45. The minimum atomic E-state index is -4.69. The lowest BCUT2D eigenvalue weighted by atomic mass is 9.91. The summed E-state index contributed by atoms with van der Waals surface area (Å²) in [6, 6.07) is 7.47. The van der Waals surface area contributed by atoms with Gasteiger partial charge in [0.05, 0.1) is 22.1 Å². The molecule has 1 aliphatic heterocycles. The predicted molar refractivity (Wildman–Crippen MR) is 100 cm³/mol. The van der Waals surface area contributed by atoms with Gasteiger partial charge in [-0.3, -0.25) is 14.9 Å². The summed E-state index contributed by atoms with van der Waals surface area (Å²) in [6.07, 6.45) is -4.69. The topological polar surface area (TPSA) is 113 Å². The van der Waals surface area contributed by atoms with Crippen LogP contribution in [0.25, 0.3) is 0 Å². The molecule has 0 unspecified atom stereocenters. The number of benzene rings is 2. The third-order valence-corrected chi connectivity index (χ3v) is 4.43. The molecule has 3 rings (SSSR count). The molecule has 1 atom stereocenters. The van der Waals surface area contributed by atoms with E-state index in [1.807, 2.05) is 0 Å². The highest BCUT2D eigenvalue weighted by Crippen LogP contribution is 2.38. The van der Waals surface area contributed by atoms with Crippen LogP contribution in [0.4, 0.5) is 29.3 Å². The Balaban J connectivity index is 1.99. The van der Waals surface area contributed by atoms with Crippen LogP contribution in [-0.2, 0) is 11.0 Å². The molecule has 0 spiro atoms. The lowest BCUT2D eigenvalue weighted by molar-refractivity contribution is -0.384. The number of non-ortho nitro benzene ring substituents is 1. The fourth-order valence-electron chi connectivity index (χ4n) is 3.10. The number of carbonyl (C=O) groups excluding carboxylic acids is 2. The first kappa shape index (κ1) is 20.8. The van der Waals surface area contributed by atoms with Crippen LogP contribution in [-0.4, -0.2) is 16.9 Å². The van der Waals surface area contributed by atoms with Gasteiger partial charge in [0, 0.05) is 23.5 Å². The van der Waals surface area contributed by atoms with Crippen LogP contribution in [0, 0.1) is 10.1 Å². The van der Waals surface area contributed by atoms with Crippen molar-refractivity contribution in [3.05, 3.63) is 81.0 Å². The summed E-state index contributed by atoms with van der Waals surface area (Å²) >= 11 is 0. The second kappa shape index (κ2) is 7.85. The number of hydrogen-bond acceptors (Lipinski definition) is 4. The van der Waals surface area contributed by atoms with Gasteiger partial charge in [0.15, 0.2) is 0 Å². The van der Waals surface area contributed by atoms with E-state index < -0.39 is 34.6 Å². The molecule has 2 aromatic carbocycles. The Labute approximate surface area is 167 Å². The number of nitro groups is 1. The molecule has 8 nitrogen and oxygen atoms in total. The largest absolute Gasteiger partial charge is 0.416 e. The molecule has 0 saturated heterocycles. The van der Waals surface area contributed by atoms with Gasteiger partial charge in [-0.25, -0.2) is 4.79 Å². The monoisotopic (exact) mass is 420 g/mol. The van der Waals surface area contributed by atoms with Gasteiger partial charge in [-0.1, -0.05) is 18.2 Å². The number of hydrogen-bond donors (Lipinski definition) is 3. The van der Waals surface area contributed by atoms with Gasteiger partial charge in [-0.15, -0.1) is 0 Å². The number of rotatable bonds is 4. The van der Waals surface area contributed by atoms with E-state index in [0.29, 0.717) is 0 Å². The van der Waals surface area contributed by atoms with Crippen molar-refractivity contribution in [1.29, 1.82) is 0 Å². The second-order valence-electron chi connectivity index (χ2n) is 6.41. The highest BCUT2D eigenvalue weighted by Gasteiger charge is 2.39. The molecule has 3 amide bonds. The lowest BCUT2D eigenvalue weighted by Crippen LogP contribution is -2.46. The van der Waals surface area contributed by atoms with Gasteiger partial charge in [0.25, 0.3) is 11.6 Å². The van der Waals surface area contributed by atoms with Crippen molar-refractivity contribution in [2.24, 2.45) is 0 Å².